The molecule has 184 valence electrons. The minimum absolute atomic E-state index is 0.0822. The second-order valence-corrected chi connectivity index (χ2v) is 8.36. The summed E-state index contributed by atoms with van der Waals surface area (Å²) < 4.78 is 44.3. The molecule has 0 aliphatic heterocycles. The average Bonchev–Trinajstić information content (AvgIpc) is 2.84. The Balaban J connectivity index is 1.84. The molecule has 0 aliphatic carbocycles. The summed E-state index contributed by atoms with van der Waals surface area (Å²) in [5.41, 5.74) is 0.568. The lowest BCUT2D eigenvalue weighted by molar-refractivity contribution is -0.0499. The zero-order valence-electron chi connectivity index (χ0n) is 18.8. The third kappa shape index (κ3) is 6.14. The van der Waals surface area contributed by atoms with E-state index >= 15 is 0 Å². The highest BCUT2D eigenvalue weighted by Gasteiger charge is 2.38. The Morgan fingerprint density at radius 2 is 1.75 bits per heavy atom. The van der Waals surface area contributed by atoms with Crippen LogP contribution in [0.15, 0.2) is 97.2 Å². The van der Waals surface area contributed by atoms with E-state index in [1.54, 1.807) is 30.3 Å². The van der Waals surface area contributed by atoms with Crippen molar-refractivity contribution in [2.24, 2.45) is 0 Å². The molecule has 0 aliphatic rings. The third-order valence-corrected chi connectivity index (χ3v) is 5.66. The van der Waals surface area contributed by atoms with Crippen LogP contribution in [0.4, 0.5) is 23.7 Å². The van der Waals surface area contributed by atoms with Crippen molar-refractivity contribution in [3.8, 4) is 5.75 Å². The number of carbonyl (C=O) groups excluding carboxylic acids is 1. The molecular formula is C27H21ClF3N3O2. The third-order valence-electron chi connectivity index (χ3n) is 5.44. The number of nitrogens with zero attached hydrogens (tertiary/aromatic N) is 1. The van der Waals surface area contributed by atoms with Gasteiger partial charge >= 0.3 is 12.6 Å². The normalized spacial score (nSPS) is 12.6. The van der Waals surface area contributed by atoms with E-state index in [1.165, 1.54) is 36.5 Å². The molecule has 4 aromatic rings. The highest BCUT2D eigenvalue weighted by molar-refractivity contribution is 6.30. The Labute approximate surface area is 210 Å². The molecule has 5 nitrogen and oxygen atoms in total. The summed E-state index contributed by atoms with van der Waals surface area (Å²) in [6, 6.07) is 23.4. The number of benzene rings is 3. The van der Waals surface area contributed by atoms with E-state index in [4.69, 9.17) is 11.6 Å². The molecule has 1 atom stereocenters. The van der Waals surface area contributed by atoms with E-state index in [0.29, 0.717) is 16.3 Å². The number of pyridine rings is 1. The van der Waals surface area contributed by atoms with E-state index < -0.39 is 24.0 Å². The summed E-state index contributed by atoms with van der Waals surface area (Å²) in [6.45, 7) is -3.03. The van der Waals surface area contributed by atoms with Gasteiger partial charge in [-0.25, -0.2) is 9.18 Å². The first-order chi connectivity index (χ1) is 17.3. The summed E-state index contributed by atoms with van der Waals surface area (Å²) in [6.07, 6.45) is 1.64. The fourth-order valence-corrected chi connectivity index (χ4v) is 4.02. The number of hydrogen-bond donors (Lipinski definition) is 2. The number of amides is 2. The standard InChI is InChI=1S/C27H21ClF3N3O2/c28-20-12-13-24(32-17-20)27(16-18-6-2-1-3-7-18,19-8-4-11-23(14-19)36-25(30)31)34-26(35)33-22-10-5-9-21(29)15-22/h1-15,17,25H,16H2,(H2,33,34,35)/t27-/m1/s1. The summed E-state index contributed by atoms with van der Waals surface area (Å²) >= 11 is 6.08. The molecule has 0 unspecified atom stereocenters. The largest absolute Gasteiger partial charge is 0.435 e. The van der Waals surface area contributed by atoms with E-state index in [-0.39, 0.29) is 17.9 Å². The molecule has 3 aromatic carbocycles. The van der Waals surface area contributed by atoms with E-state index in [0.717, 1.165) is 5.56 Å². The van der Waals surface area contributed by atoms with Crippen LogP contribution in [0.5, 0.6) is 5.75 Å². The van der Waals surface area contributed by atoms with Crippen molar-refractivity contribution >= 4 is 23.3 Å². The highest BCUT2D eigenvalue weighted by Crippen LogP contribution is 2.35. The maximum atomic E-state index is 13.7. The van der Waals surface area contributed by atoms with Gasteiger partial charge in [-0.2, -0.15) is 8.78 Å². The SMILES string of the molecule is O=C(Nc1cccc(F)c1)N[C@](Cc1ccccc1)(c1cccc(OC(F)F)c1)c1ccc(Cl)cn1. The number of hydrogen-bond acceptors (Lipinski definition) is 3. The predicted octanol–water partition coefficient (Wildman–Crippen LogP) is 6.78. The topological polar surface area (TPSA) is 63.2 Å². The van der Waals surface area contributed by atoms with Crippen molar-refractivity contribution in [3.05, 3.63) is 125 Å². The Morgan fingerprint density at radius 3 is 2.44 bits per heavy atom. The number of carbonyl (C=O) groups is 1. The summed E-state index contributed by atoms with van der Waals surface area (Å²) in [5.74, 6) is -0.596. The van der Waals surface area contributed by atoms with Gasteiger partial charge in [0.25, 0.3) is 0 Å². The summed E-state index contributed by atoms with van der Waals surface area (Å²) in [7, 11) is 0. The van der Waals surface area contributed by atoms with E-state index in [2.05, 4.69) is 20.4 Å². The maximum absolute atomic E-state index is 13.7. The van der Waals surface area contributed by atoms with Crippen molar-refractivity contribution in [2.75, 3.05) is 5.32 Å². The van der Waals surface area contributed by atoms with Gasteiger partial charge in [0.05, 0.1) is 10.7 Å². The van der Waals surface area contributed by atoms with Gasteiger partial charge in [0.2, 0.25) is 0 Å². The smallest absolute Gasteiger partial charge is 0.387 e. The molecule has 9 heteroatoms. The number of urea groups is 1. The van der Waals surface area contributed by atoms with Gasteiger partial charge in [-0.15, -0.1) is 0 Å². The van der Waals surface area contributed by atoms with Gasteiger partial charge in [0.1, 0.15) is 17.1 Å². The van der Waals surface area contributed by atoms with Gasteiger partial charge in [-0.1, -0.05) is 60.1 Å². The lowest BCUT2D eigenvalue weighted by Crippen LogP contribution is -2.50. The Kier molecular flexibility index (Phi) is 7.75. The Morgan fingerprint density at radius 1 is 0.972 bits per heavy atom. The number of nitrogens with one attached hydrogen (secondary N) is 2. The molecule has 36 heavy (non-hydrogen) atoms. The second kappa shape index (κ2) is 11.1. The molecule has 0 fully saturated rings. The van der Waals surface area contributed by atoms with Crippen LogP contribution < -0.4 is 15.4 Å². The van der Waals surface area contributed by atoms with Crippen LogP contribution in [-0.4, -0.2) is 17.6 Å². The minimum atomic E-state index is -3.03. The molecule has 4 rings (SSSR count). The number of rotatable bonds is 8. The van der Waals surface area contributed by atoms with E-state index in [9.17, 15) is 18.0 Å². The van der Waals surface area contributed by atoms with Crippen LogP contribution in [-0.2, 0) is 12.0 Å². The quantitative estimate of drug-likeness (QED) is 0.274. The van der Waals surface area contributed by atoms with Crippen LogP contribution in [0.25, 0.3) is 0 Å². The average molecular weight is 512 g/mol. The molecule has 0 saturated heterocycles. The number of anilines is 1. The van der Waals surface area contributed by atoms with Crippen LogP contribution in [0.2, 0.25) is 5.02 Å². The first-order valence-corrected chi connectivity index (χ1v) is 11.3. The fourth-order valence-electron chi connectivity index (χ4n) is 3.91. The van der Waals surface area contributed by atoms with E-state index in [1.807, 2.05) is 30.3 Å². The molecule has 0 saturated carbocycles. The van der Waals surface area contributed by atoms with Gasteiger partial charge in [-0.3, -0.25) is 4.98 Å². The first kappa shape index (κ1) is 25.1. The zero-order chi connectivity index (χ0) is 25.5. The van der Waals surface area contributed by atoms with Crippen LogP contribution in [0, 0.1) is 5.82 Å². The van der Waals surface area contributed by atoms with Gasteiger partial charge in [0.15, 0.2) is 0 Å². The molecule has 0 radical (unpaired) electrons. The predicted molar refractivity (Wildman–Crippen MR) is 132 cm³/mol. The number of aromatic nitrogens is 1. The number of ether oxygens (including phenoxy) is 1. The van der Waals surface area contributed by atoms with Crippen molar-refractivity contribution < 1.29 is 22.7 Å². The molecule has 2 N–H and O–H groups in total. The summed E-state index contributed by atoms with van der Waals surface area (Å²) in [4.78, 5) is 17.7. The lowest BCUT2D eigenvalue weighted by Gasteiger charge is -2.35. The van der Waals surface area contributed by atoms with Crippen molar-refractivity contribution in [3.63, 3.8) is 0 Å². The van der Waals surface area contributed by atoms with Crippen molar-refractivity contribution in [1.29, 1.82) is 0 Å². The van der Waals surface area contributed by atoms with Crippen molar-refractivity contribution in [1.82, 2.24) is 10.3 Å². The molecule has 0 bridgehead atoms. The van der Waals surface area contributed by atoms with Gasteiger partial charge < -0.3 is 15.4 Å². The maximum Gasteiger partial charge on any atom is 0.387 e. The number of halogens is 4. The minimum Gasteiger partial charge on any atom is -0.435 e. The Hall–Kier alpha value is -4.04. The van der Waals surface area contributed by atoms with Crippen LogP contribution >= 0.6 is 11.6 Å². The number of alkyl halides is 2. The van der Waals surface area contributed by atoms with Crippen LogP contribution in [0.3, 0.4) is 0 Å². The fraction of sp³-hybridized carbons (Fsp3) is 0.111. The molecule has 1 heterocycles. The monoisotopic (exact) mass is 511 g/mol. The van der Waals surface area contributed by atoms with Crippen molar-refractivity contribution in [2.45, 2.75) is 18.6 Å². The second-order valence-electron chi connectivity index (χ2n) is 7.93. The molecule has 2 amide bonds. The van der Waals surface area contributed by atoms with Crippen LogP contribution in [0.1, 0.15) is 16.8 Å². The van der Waals surface area contributed by atoms with Gasteiger partial charge in [0, 0.05) is 18.3 Å². The lowest BCUT2D eigenvalue weighted by atomic mass is 9.80. The first-order valence-electron chi connectivity index (χ1n) is 10.9. The molecule has 0 spiro atoms. The highest BCUT2D eigenvalue weighted by atomic mass is 35.5. The molecular weight excluding hydrogens is 491 g/mol. The van der Waals surface area contributed by atoms with Gasteiger partial charge in [-0.05, 0) is 53.6 Å². The molecule has 1 aromatic heterocycles. The zero-order valence-corrected chi connectivity index (χ0v) is 19.6. The Bertz CT molecular complexity index is 1320. The summed E-state index contributed by atoms with van der Waals surface area (Å²) in [5, 5.41) is 5.97.